The van der Waals surface area contributed by atoms with Gasteiger partial charge in [-0.1, -0.05) is 13.3 Å². The minimum Gasteiger partial charge on any atom is -0.481 e. The number of carboxylic acids is 1. The van der Waals surface area contributed by atoms with E-state index < -0.39 is 11.9 Å². The van der Waals surface area contributed by atoms with Crippen molar-refractivity contribution in [3.8, 4) is 0 Å². The quantitative estimate of drug-likeness (QED) is 0.831. The Labute approximate surface area is 114 Å². The van der Waals surface area contributed by atoms with E-state index in [4.69, 9.17) is 0 Å². The molecule has 1 N–H and O–H groups in total. The number of rotatable bonds is 3. The van der Waals surface area contributed by atoms with E-state index in [2.05, 4.69) is 18.7 Å². The van der Waals surface area contributed by atoms with Crippen LogP contribution in [0.4, 0.5) is 0 Å². The summed E-state index contributed by atoms with van der Waals surface area (Å²) < 4.78 is 0. The molecule has 0 spiro atoms. The van der Waals surface area contributed by atoms with Crippen molar-refractivity contribution in [2.24, 2.45) is 11.8 Å². The Kier molecular flexibility index (Phi) is 4.45. The largest absolute Gasteiger partial charge is 0.481 e. The second-order valence-corrected chi connectivity index (χ2v) is 5.74. The fourth-order valence-corrected chi connectivity index (χ4v) is 3.45. The van der Waals surface area contributed by atoms with Gasteiger partial charge in [0.05, 0.1) is 11.8 Å². The van der Waals surface area contributed by atoms with Crippen LogP contribution in [0.15, 0.2) is 0 Å². The van der Waals surface area contributed by atoms with E-state index >= 15 is 0 Å². The van der Waals surface area contributed by atoms with Gasteiger partial charge in [0.1, 0.15) is 0 Å². The maximum absolute atomic E-state index is 12.5. The summed E-state index contributed by atoms with van der Waals surface area (Å²) in [5.41, 5.74) is 0. The van der Waals surface area contributed by atoms with Gasteiger partial charge in [0.2, 0.25) is 5.91 Å². The Morgan fingerprint density at radius 3 is 2.47 bits per heavy atom. The van der Waals surface area contributed by atoms with Gasteiger partial charge in [-0.05, 0) is 26.3 Å². The minimum atomic E-state index is -0.809. The highest BCUT2D eigenvalue weighted by Crippen LogP contribution is 2.33. The molecular formula is C14H24N2O3. The molecule has 2 fully saturated rings. The van der Waals surface area contributed by atoms with Crippen LogP contribution < -0.4 is 0 Å². The normalized spacial score (nSPS) is 32.5. The highest BCUT2D eigenvalue weighted by Gasteiger charge is 2.40. The lowest BCUT2D eigenvalue weighted by molar-refractivity contribution is -0.150. The third kappa shape index (κ3) is 2.91. The zero-order valence-electron chi connectivity index (χ0n) is 11.8. The first kappa shape index (κ1) is 14.3. The zero-order chi connectivity index (χ0) is 14.0. The van der Waals surface area contributed by atoms with Crippen molar-refractivity contribution >= 4 is 11.9 Å². The maximum atomic E-state index is 12.5. The van der Waals surface area contributed by atoms with Gasteiger partial charge in [0, 0.05) is 25.7 Å². The topological polar surface area (TPSA) is 60.9 Å². The number of carbonyl (C=O) groups is 2. The van der Waals surface area contributed by atoms with E-state index in [-0.39, 0.29) is 11.8 Å². The molecule has 1 aliphatic heterocycles. The van der Waals surface area contributed by atoms with E-state index in [1.807, 2.05) is 4.90 Å². The number of carbonyl (C=O) groups excluding carboxylic acids is 1. The van der Waals surface area contributed by atoms with Crippen molar-refractivity contribution in [2.75, 3.05) is 26.2 Å². The zero-order valence-corrected chi connectivity index (χ0v) is 11.8. The molecule has 3 unspecified atom stereocenters. The number of hydrogen-bond acceptors (Lipinski definition) is 3. The number of amides is 1. The molecule has 2 rings (SSSR count). The van der Waals surface area contributed by atoms with Gasteiger partial charge < -0.3 is 10.0 Å². The van der Waals surface area contributed by atoms with Crippen molar-refractivity contribution in [3.63, 3.8) is 0 Å². The standard InChI is InChI=1S/C14H24N2O3/c1-3-15-7-8-16(9-10(15)2)13(17)11-5-4-6-12(11)14(18)19/h10-12H,3-9H2,1-2H3,(H,18,19). The van der Waals surface area contributed by atoms with Gasteiger partial charge in [-0.3, -0.25) is 14.5 Å². The van der Waals surface area contributed by atoms with Gasteiger partial charge in [0.25, 0.3) is 0 Å². The van der Waals surface area contributed by atoms with Crippen molar-refractivity contribution in [1.29, 1.82) is 0 Å². The van der Waals surface area contributed by atoms with Crippen LogP contribution in [0.5, 0.6) is 0 Å². The van der Waals surface area contributed by atoms with Gasteiger partial charge in [-0.15, -0.1) is 0 Å². The summed E-state index contributed by atoms with van der Waals surface area (Å²) in [4.78, 5) is 27.9. The molecule has 1 aliphatic carbocycles. The molecule has 19 heavy (non-hydrogen) atoms. The summed E-state index contributed by atoms with van der Waals surface area (Å²) in [6.45, 7) is 7.63. The molecule has 1 saturated heterocycles. The molecule has 5 heteroatoms. The molecule has 0 aromatic rings. The molecule has 0 bridgehead atoms. The molecule has 1 amide bonds. The average molecular weight is 268 g/mol. The van der Waals surface area contributed by atoms with Crippen LogP contribution in [-0.2, 0) is 9.59 Å². The number of aliphatic carboxylic acids is 1. The fraction of sp³-hybridized carbons (Fsp3) is 0.857. The number of piperazine rings is 1. The van der Waals surface area contributed by atoms with E-state index in [9.17, 15) is 14.7 Å². The molecule has 0 aromatic heterocycles. The third-order valence-corrected chi connectivity index (χ3v) is 4.63. The van der Waals surface area contributed by atoms with Crippen LogP contribution in [0.1, 0.15) is 33.1 Å². The first-order chi connectivity index (χ1) is 9.04. The molecule has 2 aliphatic rings. The van der Waals surface area contributed by atoms with Crippen LogP contribution in [0.2, 0.25) is 0 Å². The van der Waals surface area contributed by atoms with Crippen LogP contribution in [0.25, 0.3) is 0 Å². The molecular weight excluding hydrogens is 244 g/mol. The highest BCUT2D eigenvalue weighted by molar-refractivity contribution is 5.85. The van der Waals surface area contributed by atoms with Crippen LogP contribution in [0.3, 0.4) is 0 Å². The molecule has 0 aromatic carbocycles. The molecule has 3 atom stereocenters. The van der Waals surface area contributed by atoms with E-state index in [0.717, 1.165) is 39.0 Å². The molecule has 1 saturated carbocycles. The van der Waals surface area contributed by atoms with Crippen LogP contribution in [-0.4, -0.2) is 59.0 Å². The summed E-state index contributed by atoms with van der Waals surface area (Å²) in [5, 5.41) is 9.18. The SMILES string of the molecule is CCN1CCN(C(=O)C2CCCC2C(=O)O)CC1C. The lowest BCUT2D eigenvalue weighted by Gasteiger charge is -2.40. The summed E-state index contributed by atoms with van der Waals surface area (Å²) in [7, 11) is 0. The van der Waals surface area contributed by atoms with Crippen LogP contribution >= 0.6 is 0 Å². The predicted octanol–water partition coefficient (Wildman–Crippen LogP) is 1.04. The first-order valence-corrected chi connectivity index (χ1v) is 7.30. The lowest BCUT2D eigenvalue weighted by Crippen LogP contribution is -2.55. The maximum Gasteiger partial charge on any atom is 0.307 e. The van der Waals surface area contributed by atoms with Gasteiger partial charge in [-0.25, -0.2) is 0 Å². The van der Waals surface area contributed by atoms with Crippen molar-refractivity contribution in [3.05, 3.63) is 0 Å². The molecule has 1 heterocycles. The smallest absolute Gasteiger partial charge is 0.307 e. The Morgan fingerprint density at radius 2 is 1.89 bits per heavy atom. The van der Waals surface area contributed by atoms with Gasteiger partial charge >= 0.3 is 5.97 Å². The summed E-state index contributed by atoms with van der Waals surface area (Å²) in [6.07, 6.45) is 2.24. The predicted molar refractivity (Wildman–Crippen MR) is 71.8 cm³/mol. The Bertz CT molecular complexity index is 359. The summed E-state index contributed by atoms with van der Waals surface area (Å²) >= 11 is 0. The van der Waals surface area contributed by atoms with Gasteiger partial charge in [-0.2, -0.15) is 0 Å². The van der Waals surface area contributed by atoms with Gasteiger partial charge in [0.15, 0.2) is 0 Å². The molecule has 0 radical (unpaired) electrons. The monoisotopic (exact) mass is 268 g/mol. The minimum absolute atomic E-state index is 0.0625. The van der Waals surface area contributed by atoms with E-state index in [0.29, 0.717) is 12.5 Å². The molecule has 108 valence electrons. The summed E-state index contributed by atoms with van der Waals surface area (Å²) in [6, 6.07) is 0.368. The van der Waals surface area contributed by atoms with Crippen LogP contribution in [0, 0.1) is 11.8 Å². The number of hydrogen-bond donors (Lipinski definition) is 1. The fourth-order valence-electron chi connectivity index (χ4n) is 3.45. The number of nitrogens with zero attached hydrogens (tertiary/aromatic N) is 2. The van der Waals surface area contributed by atoms with Crippen molar-refractivity contribution < 1.29 is 14.7 Å². The Morgan fingerprint density at radius 1 is 1.21 bits per heavy atom. The third-order valence-electron chi connectivity index (χ3n) is 4.63. The highest BCUT2D eigenvalue weighted by atomic mass is 16.4. The first-order valence-electron chi connectivity index (χ1n) is 7.30. The second-order valence-electron chi connectivity index (χ2n) is 5.74. The van der Waals surface area contributed by atoms with E-state index in [1.165, 1.54) is 0 Å². The second kappa shape index (κ2) is 5.90. The lowest BCUT2D eigenvalue weighted by atomic mass is 9.94. The number of carboxylic acid groups (broad SMARTS) is 1. The Hall–Kier alpha value is -1.10. The number of likely N-dealkylation sites (N-methyl/N-ethyl adjacent to an activating group) is 1. The summed E-state index contributed by atoms with van der Waals surface area (Å²) in [5.74, 6) is -1.51. The van der Waals surface area contributed by atoms with Crippen molar-refractivity contribution in [2.45, 2.75) is 39.2 Å². The molecule has 5 nitrogen and oxygen atoms in total. The average Bonchev–Trinajstić information content (AvgIpc) is 2.87. The van der Waals surface area contributed by atoms with E-state index in [1.54, 1.807) is 0 Å². The van der Waals surface area contributed by atoms with Crippen molar-refractivity contribution in [1.82, 2.24) is 9.80 Å². The Balaban J connectivity index is 1.98.